The number of fused-ring (bicyclic) bond motifs is 1. The standard InChI is InChI=1S/C17H28N4/c1-4-5-6-9-13-21-16-11-8-7-10-15(16)19-17(21)18-12-14-20(2)3/h7-8,10-11H,4-6,9,12-14H2,1-3H3,(H,18,19). The van der Waals surface area contributed by atoms with Gasteiger partial charge in [-0.1, -0.05) is 38.3 Å². The van der Waals surface area contributed by atoms with Crippen molar-refractivity contribution in [3.8, 4) is 0 Å². The van der Waals surface area contributed by atoms with Crippen LogP contribution in [0.2, 0.25) is 0 Å². The summed E-state index contributed by atoms with van der Waals surface area (Å²) in [4.78, 5) is 6.92. The highest BCUT2D eigenvalue weighted by Gasteiger charge is 2.09. The summed E-state index contributed by atoms with van der Waals surface area (Å²) in [5.41, 5.74) is 2.32. The second-order valence-electron chi connectivity index (χ2n) is 5.87. The Morgan fingerprint density at radius 1 is 1.14 bits per heavy atom. The smallest absolute Gasteiger partial charge is 0.203 e. The molecule has 2 rings (SSSR count). The second kappa shape index (κ2) is 8.03. The van der Waals surface area contributed by atoms with E-state index in [0.717, 1.165) is 31.1 Å². The Kier molecular flexibility index (Phi) is 6.05. The molecule has 0 aliphatic rings. The van der Waals surface area contributed by atoms with Crippen LogP contribution < -0.4 is 5.32 Å². The molecule has 1 aromatic heterocycles. The summed E-state index contributed by atoms with van der Waals surface area (Å²) in [7, 11) is 4.19. The maximum Gasteiger partial charge on any atom is 0.203 e. The van der Waals surface area contributed by atoms with Gasteiger partial charge >= 0.3 is 0 Å². The van der Waals surface area contributed by atoms with Crippen molar-refractivity contribution in [3.63, 3.8) is 0 Å². The summed E-state index contributed by atoms with van der Waals surface area (Å²) in [6.45, 7) is 5.23. The largest absolute Gasteiger partial charge is 0.354 e. The molecule has 0 radical (unpaired) electrons. The molecule has 2 aromatic rings. The van der Waals surface area contributed by atoms with Gasteiger partial charge in [0.25, 0.3) is 0 Å². The summed E-state index contributed by atoms with van der Waals surface area (Å²) in [6, 6.07) is 8.41. The van der Waals surface area contributed by atoms with Gasteiger partial charge in [-0.25, -0.2) is 4.98 Å². The first kappa shape index (κ1) is 15.8. The van der Waals surface area contributed by atoms with Crippen LogP contribution in [0.25, 0.3) is 11.0 Å². The Morgan fingerprint density at radius 3 is 2.71 bits per heavy atom. The van der Waals surface area contributed by atoms with E-state index in [-0.39, 0.29) is 0 Å². The van der Waals surface area contributed by atoms with Crippen molar-refractivity contribution in [3.05, 3.63) is 24.3 Å². The van der Waals surface area contributed by atoms with Gasteiger partial charge in [0.2, 0.25) is 5.95 Å². The van der Waals surface area contributed by atoms with Crippen LogP contribution in [0.15, 0.2) is 24.3 Å². The maximum absolute atomic E-state index is 4.74. The average Bonchev–Trinajstić information content (AvgIpc) is 2.81. The Morgan fingerprint density at radius 2 is 1.95 bits per heavy atom. The van der Waals surface area contributed by atoms with Crippen molar-refractivity contribution < 1.29 is 0 Å². The molecule has 1 N–H and O–H groups in total. The molecule has 0 atom stereocenters. The molecule has 1 aromatic carbocycles. The minimum atomic E-state index is 0.922. The average molecular weight is 288 g/mol. The number of hydrogen-bond acceptors (Lipinski definition) is 3. The lowest BCUT2D eigenvalue weighted by Gasteiger charge is -2.13. The number of hydrogen-bond donors (Lipinski definition) is 1. The molecule has 1 heterocycles. The molecule has 21 heavy (non-hydrogen) atoms. The zero-order valence-corrected chi connectivity index (χ0v) is 13.6. The van der Waals surface area contributed by atoms with Crippen LogP contribution in [0.3, 0.4) is 0 Å². The van der Waals surface area contributed by atoms with E-state index >= 15 is 0 Å². The summed E-state index contributed by atoms with van der Waals surface area (Å²) in [5, 5.41) is 3.49. The van der Waals surface area contributed by atoms with Crippen molar-refractivity contribution >= 4 is 17.0 Å². The minimum absolute atomic E-state index is 0.922. The van der Waals surface area contributed by atoms with Gasteiger partial charge in [0, 0.05) is 19.6 Å². The Labute approximate surface area is 128 Å². The van der Waals surface area contributed by atoms with Crippen LogP contribution in [0.5, 0.6) is 0 Å². The van der Waals surface area contributed by atoms with Crippen LogP contribution in [0.4, 0.5) is 5.95 Å². The fourth-order valence-corrected chi connectivity index (χ4v) is 2.52. The first-order valence-electron chi connectivity index (χ1n) is 8.06. The molecule has 4 nitrogen and oxygen atoms in total. The predicted molar refractivity (Wildman–Crippen MR) is 90.9 cm³/mol. The van der Waals surface area contributed by atoms with Gasteiger partial charge in [0.1, 0.15) is 0 Å². The number of nitrogens with zero attached hydrogens (tertiary/aromatic N) is 3. The zero-order valence-electron chi connectivity index (χ0n) is 13.6. The molecule has 0 saturated carbocycles. The molecular weight excluding hydrogens is 260 g/mol. The topological polar surface area (TPSA) is 33.1 Å². The zero-order chi connectivity index (χ0) is 15.1. The molecule has 0 unspecified atom stereocenters. The van der Waals surface area contributed by atoms with E-state index in [9.17, 15) is 0 Å². The number of benzene rings is 1. The first-order valence-corrected chi connectivity index (χ1v) is 8.06. The van der Waals surface area contributed by atoms with Gasteiger partial charge < -0.3 is 14.8 Å². The van der Waals surface area contributed by atoms with Gasteiger partial charge in [0.15, 0.2) is 0 Å². The second-order valence-corrected chi connectivity index (χ2v) is 5.87. The summed E-state index contributed by atoms with van der Waals surface area (Å²) in [5.74, 6) is 1.01. The molecule has 0 spiro atoms. The van der Waals surface area contributed by atoms with Crippen molar-refractivity contribution in [2.45, 2.75) is 39.2 Å². The lowest BCUT2D eigenvalue weighted by Crippen LogP contribution is -2.22. The fraction of sp³-hybridized carbons (Fsp3) is 0.588. The molecule has 0 bridgehead atoms. The van der Waals surface area contributed by atoms with Crippen LogP contribution in [-0.2, 0) is 6.54 Å². The SMILES string of the molecule is CCCCCCn1c(NCCN(C)C)nc2ccccc21. The molecule has 0 saturated heterocycles. The van der Waals surface area contributed by atoms with Crippen molar-refractivity contribution in [2.24, 2.45) is 0 Å². The summed E-state index contributed by atoms with van der Waals surface area (Å²) in [6.07, 6.45) is 5.10. The minimum Gasteiger partial charge on any atom is -0.354 e. The third-order valence-corrected chi connectivity index (χ3v) is 3.73. The van der Waals surface area contributed by atoms with Crippen LogP contribution in [-0.4, -0.2) is 41.6 Å². The summed E-state index contributed by atoms with van der Waals surface area (Å²) < 4.78 is 2.33. The van der Waals surface area contributed by atoms with Crippen molar-refractivity contribution in [2.75, 3.05) is 32.5 Å². The molecule has 116 valence electrons. The number of anilines is 1. The number of rotatable bonds is 9. The van der Waals surface area contributed by atoms with E-state index in [1.165, 1.54) is 31.2 Å². The van der Waals surface area contributed by atoms with Crippen LogP contribution >= 0.6 is 0 Å². The number of unbranched alkanes of at least 4 members (excludes halogenated alkanes) is 3. The molecule has 0 aliphatic heterocycles. The highest BCUT2D eigenvalue weighted by Crippen LogP contribution is 2.20. The Balaban J connectivity index is 2.09. The van der Waals surface area contributed by atoms with Crippen LogP contribution in [0, 0.1) is 0 Å². The van der Waals surface area contributed by atoms with E-state index in [0.29, 0.717) is 0 Å². The Hall–Kier alpha value is -1.55. The van der Waals surface area contributed by atoms with Gasteiger partial charge in [-0.05, 0) is 32.6 Å². The fourth-order valence-electron chi connectivity index (χ4n) is 2.52. The third-order valence-electron chi connectivity index (χ3n) is 3.73. The van der Waals surface area contributed by atoms with Crippen LogP contribution in [0.1, 0.15) is 32.6 Å². The Bertz CT molecular complexity index is 545. The van der Waals surface area contributed by atoms with Crippen molar-refractivity contribution in [1.29, 1.82) is 0 Å². The van der Waals surface area contributed by atoms with Crippen molar-refractivity contribution in [1.82, 2.24) is 14.5 Å². The first-order chi connectivity index (χ1) is 10.2. The molecule has 4 heteroatoms. The third kappa shape index (κ3) is 4.46. The highest BCUT2D eigenvalue weighted by molar-refractivity contribution is 5.78. The maximum atomic E-state index is 4.74. The van der Waals surface area contributed by atoms with Gasteiger partial charge in [-0.3, -0.25) is 0 Å². The lowest BCUT2D eigenvalue weighted by atomic mass is 10.2. The number of nitrogens with one attached hydrogen (secondary N) is 1. The van der Waals surface area contributed by atoms with E-state index in [1.54, 1.807) is 0 Å². The van der Waals surface area contributed by atoms with E-state index in [2.05, 4.69) is 60.1 Å². The normalized spacial score (nSPS) is 11.4. The molecule has 0 fully saturated rings. The number of aromatic nitrogens is 2. The number of likely N-dealkylation sites (N-methyl/N-ethyl adjacent to an activating group) is 1. The number of imidazole rings is 1. The van der Waals surface area contributed by atoms with Gasteiger partial charge in [-0.15, -0.1) is 0 Å². The number of aryl methyl sites for hydroxylation is 1. The van der Waals surface area contributed by atoms with Gasteiger partial charge in [-0.2, -0.15) is 0 Å². The quantitative estimate of drug-likeness (QED) is 0.716. The monoisotopic (exact) mass is 288 g/mol. The molecular formula is C17H28N4. The molecule has 0 amide bonds. The van der Waals surface area contributed by atoms with Gasteiger partial charge in [0.05, 0.1) is 11.0 Å². The number of para-hydroxylation sites is 2. The van der Waals surface area contributed by atoms with E-state index in [1.807, 2.05) is 0 Å². The van der Waals surface area contributed by atoms with E-state index < -0.39 is 0 Å². The summed E-state index contributed by atoms with van der Waals surface area (Å²) >= 11 is 0. The molecule has 0 aliphatic carbocycles. The predicted octanol–water partition coefficient (Wildman–Crippen LogP) is 3.59. The van der Waals surface area contributed by atoms with E-state index in [4.69, 9.17) is 4.98 Å². The highest BCUT2D eigenvalue weighted by atomic mass is 15.2. The lowest BCUT2D eigenvalue weighted by molar-refractivity contribution is 0.424.